The minimum Gasteiger partial charge on any atom is -0.337 e. The van der Waals surface area contributed by atoms with E-state index in [1.807, 2.05) is 18.7 Å². The van der Waals surface area contributed by atoms with Gasteiger partial charge in [-0.25, -0.2) is 4.98 Å². The third kappa shape index (κ3) is 3.64. The molecule has 15 heavy (non-hydrogen) atoms. The lowest BCUT2D eigenvalue weighted by atomic mass is 10.3. The molecule has 84 valence electrons. The summed E-state index contributed by atoms with van der Waals surface area (Å²) in [6.45, 7) is 7.06. The fourth-order valence-corrected chi connectivity index (χ4v) is 2.02. The van der Waals surface area contributed by atoms with Crippen molar-refractivity contribution in [2.75, 3.05) is 32.7 Å². The Balaban J connectivity index is 1.64. The second-order valence-corrected chi connectivity index (χ2v) is 4.10. The molecule has 2 heterocycles. The summed E-state index contributed by atoms with van der Waals surface area (Å²) in [5.74, 6) is 0. The van der Waals surface area contributed by atoms with Gasteiger partial charge < -0.3 is 14.8 Å². The molecule has 0 spiro atoms. The second-order valence-electron chi connectivity index (χ2n) is 4.10. The number of nitrogens with one attached hydrogen (secondary N) is 1. The zero-order valence-corrected chi connectivity index (χ0v) is 9.23. The SMILES string of the molecule is c1cn(CCCN2CCCNCC2)cn1. The van der Waals surface area contributed by atoms with E-state index in [1.165, 1.54) is 39.0 Å². The van der Waals surface area contributed by atoms with E-state index in [2.05, 4.69) is 19.8 Å². The maximum atomic E-state index is 4.04. The summed E-state index contributed by atoms with van der Waals surface area (Å²) in [5, 5.41) is 3.42. The van der Waals surface area contributed by atoms with Gasteiger partial charge >= 0.3 is 0 Å². The highest BCUT2D eigenvalue weighted by molar-refractivity contribution is 4.74. The van der Waals surface area contributed by atoms with E-state index < -0.39 is 0 Å². The normalized spacial score (nSPS) is 18.9. The largest absolute Gasteiger partial charge is 0.337 e. The van der Waals surface area contributed by atoms with Gasteiger partial charge in [0.1, 0.15) is 0 Å². The van der Waals surface area contributed by atoms with Crippen LogP contribution >= 0.6 is 0 Å². The lowest BCUT2D eigenvalue weighted by molar-refractivity contribution is 0.283. The average Bonchev–Trinajstić information content (AvgIpc) is 2.62. The topological polar surface area (TPSA) is 33.1 Å². The van der Waals surface area contributed by atoms with Crippen LogP contribution in [0, 0.1) is 0 Å². The number of imidazole rings is 1. The molecule has 1 N–H and O–H groups in total. The molecule has 0 unspecified atom stereocenters. The molecule has 0 aliphatic carbocycles. The van der Waals surface area contributed by atoms with E-state index in [-0.39, 0.29) is 0 Å². The Hall–Kier alpha value is -0.870. The Morgan fingerprint density at radius 3 is 3.07 bits per heavy atom. The van der Waals surface area contributed by atoms with E-state index in [1.54, 1.807) is 0 Å². The summed E-state index contributed by atoms with van der Waals surface area (Å²) < 4.78 is 2.15. The zero-order valence-electron chi connectivity index (χ0n) is 9.23. The van der Waals surface area contributed by atoms with E-state index in [0.717, 1.165) is 13.1 Å². The van der Waals surface area contributed by atoms with Crippen molar-refractivity contribution >= 4 is 0 Å². The first-order valence-electron chi connectivity index (χ1n) is 5.84. The lowest BCUT2D eigenvalue weighted by Gasteiger charge is -2.19. The van der Waals surface area contributed by atoms with Crippen LogP contribution in [0.3, 0.4) is 0 Å². The highest BCUT2D eigenvalue weighted by atomic mass is 15.2. The first kappa shape index (κ1) is 10.6. The molecule has 1 saturated heterocycles. The monoisotopic (exact) mass is 208 g/mol. The first-order valence-corrected chi connectivity index (χ1v) is 5.84. The van der Waals surface area contributed by atoms with Crippen molar-refractivity contribution < 1.29 is 0 Å². The number of aryl methyl sites for hydroxylation is 1. The standard InChI is InChI=1S/C11H20N4/c1-3-12-4-9-14(6-1)7-2-8-15-10-5-13-11-15/h5,10-12H,1-4,6-9H2. The van der Waals surface area contributed by atoms with Gasteiger partial charge in [-0.15, -0.1) is 0 Å². The van der Waals surface area contributed by atoms with Crippen LogP contribution in [0.4, 0.5) is 0 Å². The van der Waals surface area contributed by atoms with E-state index in [4.69, 9.17) is 0 Å². The van der Waals surface area contributed by atoms with Crippen LogP contribution in [-0.4, -0.2) is 47.2 Å². The average molecular weight is 208 g/mol. The molecule has 2 rings (SSSR count). The summed E-state index contributed by atoms with van der Waals surface area (Å²) >= 11 is 0. The van der Waals surface area contributed by atoms with E-state index >= 15 is 0 Å². The van der Waals surface area contributed by atoms with Crippen molar-refractivity contribution in [2.24, 2.45) is 0 Å². The van der Waals surface area contributed by atoms with Gasteiger partial charge in [-0.2, -0.15) is 0 Å². The van der Waals surface area contributed by atoms with Gasteiger partial charge in [-0.1, -0.05) is 0 Å². The van der Waals surface area contributed by atoms with Crippen molar-refractivity contribution in [3.05, 3.63) is 18.7 Å². The van der Waals surface area contributed by atoms with Crippen LogP contribution in [0.15, 0.2) is 18.7 Å². The van der Waals surface area contributed by atoms with Crippen LogP contribution in [0.1, 0.15) is 12.8 Å². The molecule has 0 bridgehead atoms. The van der Waals surface area contributed by atoms with Crippen LogP contribution in [-0.2, 0) is 6.54 Å². The van der Waals surface area contributed by atoms with Gasteiger partial charge in [0.2, 0.25) is 0 Å². The zero-order chi connectivity index (χ0) is 10.3. The summed E-state index contributed by atoms with van der Waals surface area (Å²) in [7, 11) is 0. The molecule has 4 nitrogen and oxygen atoms in total. The van der Waals surface area contributed by atoms with Gasteiger partial charge in [-0.3, -0.25) is 0 Å². The van der Waals surface area contributed by atoms with Gasteiger partial charge in [0.05, 0.1) is 6.33 Å². The van der Waals surface area contributed by atoms with Gasteiger partial charge in [0, 0.05) is 32.0 Å². The minimum atomic E-state index is 1.09. The Morgan fingerprint density at radius 1 is 1.20 bits per heavy atom. The van der Waals surface area contributed by atoms with Crippen molar-refractivity contribution in [1.29, 1.82) is 0 Å². The predicted molar refractivity (Wildman–Crippen MR) is 60.8 cm³/mol. The van der Waals surface area contributed by atoms with E-state index in [9.17, 15) is 0 Å². The lowest BCUT2D eigenvalue weighted by Crippen LogP contribution is -2.29. The van der Waals surface area contributed by atoms with Crippen LogP contribution in [0.5, 0.6) is 0 Å². The van der Waals surface area contributed by atoms with Gasteiger partial charge in [-0.05, 0) is 32.5 Å². The molecule has 0 amide bonds. The molecule has 1 aliphatic heterocycles. The maximum absolute atomic E-state index is 4.04. The molecule has 4 heteroatoms. The fourth-order valence-electron chi connectivity index (χ4n) is 2.02. The van der Waals surface area contributed by atoms with Crippen LogP contribution < -0.4 is 5.32 Å². The molecule has 1 fully saturated rings. The Bertz CT molecular complexity index is 250. The number of aromatic nitrogens is 2. The van der Waals surface area contributed by atoms with Crippen molar-refractivity contribution in [2.45, 2.75) is 19.4 Å². The number of rotatable bonds is 4. The third-order valence-electron chi connectivity index (χ3n) is 2.88. The molecular weight excluding hydrogens is 188 g/mol. The molecule has 0 aromatic carbocycles. The van der Waals surface area contributed by atoms with Crippen molar-refractivity contribution in [3.63, 3.8) is 0 Å². The molecular formula is C11H20N4. The number of hydrogen-bond donors (Lipinski definition) is 1. The number of nitrogens with zero attached hydrogens (tertiary/aromatic N) is 3. The quantitative estimate of drug-likeness (QED) is 0.785. The minimum absolute atomic E-state index is 1.09. The van der Waals surface area contributed by atoms with Crippen molar-refractivity contribution in [1.82, 2.24) is 19.8 Å². The van der Waals surface area contributed by atoms with Crippen LogP contribution in [0.2, 0.25) is 0 Å². The Labute approximate surface area is 91.3 Å². The molecule has 1 aliphatic rings. The van der Waals surface area contributed by atoms with Gasteiger partial charge in [0.25, 0.3) is 0 Å². The number of hydrogen-bond acceptors (Lipinski definition) is 3. The summed E-state index contributed by atoms with van der Waals surface area (Å²) in [5.41, 5.74) is 0. The maximum Gasteiger partial charge on any atom is 0.0945 e. The predicted octanol–water partition coefficient (Wildman–Crippen LogP) is 0.568. The summed E-state index contributed by atoms with van der Waals surface area (Å²) in [6.07, 6.45) is 8.27. The highest BCUT2D eigenvalue weighted by Gasteiger charge is 2.07. The second kappa shape index (κ2) is 5.88. The molecule has 0 atom stereocenters. The molecule has 1 aromatic heterocycles. The summed E-state index contributed by atoms with van der Waals surface area (Å²) in [6, 6.07) is 0. The first-order chi connectivity index (χ1) is 7.45. The third-order valence-corrected chi connectivity index (χ3v) is 2.88. The highest BCUT2D eigenvalue weighted by Crippen LogP contribution is 1.98. The van der Waals surface area contributed by atoms with Gasteiger partial charge in [0.15, 0.2) is 0 Å². The molecule has 0 radical (unpaired) electrons. The molecule has 1 aromatic rings. The Kier molecular flexibility index (Phi) is 4.17. The fraction of sp³-hybridized carbons (Fsp3) is 0.727. The van der Waals surface area contributed by atoms with Crippen LogP contribution in [0.25, 0.3) is 0 Å². The van der Waals surface area contributed by atoms with Crippen molar-refractivity contribution in [3.8, 4) is 0 Å². The Morgan fingerprint density at radius 2 is 2.20 bits per heavy atom. The molecule has 0 saturated carbocycles. The summed E-state index contributed by atoms with van der Waals surface area (Å²) in [4.78, 5) is 6.59. The van der Waals surface area contributed by atoms with E-state index in [0.29, 0.717) is 0 Å². The smallest absolute Gasteiger partial charge is 0.0945 e.